The third-order valence-electron chi connectivity index (χ3n) is 3.62. The third-order valence-corrected chi connectivity index (χ3v) is 4.59. The summed E-state index contributed by atoms with van der Waals surface area (Å²) in [5.41, 5.74) is 0.423. The molecule has 0 spiro atoms. The van der Waals surface area contributed by atoms with E-state index in [0.29, 0.717) is 12.1 Å². The van der Waals surface area contributed by atoms with Gasteiger partial charge in [0.15, 0.2) is 0 Å². The molecule has 1 aromatic rings. The van der Waals surface area contributed by atoms with Crippen LogP contribution in [0.3, 0.4) is 0 Å². The Morgan fingerprint density at radius 1 is 1.53 bits per heavy atom. The summed E-state index contributed by atoms with van der Waals surface area (Å²) >= 11 is 7.73. The number of halogens is 1. The molecule has 0 bridgehead atoms. The lowest BCUT2D eigenvalue weighted by atomic mass is 9.94. The van der Waals surface area contributed by atoms with Gasteiger partial charge in [-0.1, -0.05) is 0 Å². The van der Waals surface area contributed by atoms with E-state index < -0.39 is 0 Å². The minimum Gasteiger partial charge on any atom is -0.377 e. The second-order valence-electron chi connectivity index (χ2n) is 5.15. The van der Waals surface area contributed by atoms with Crippen molar-refractivity contribution in [2.75, 3.05) is 20.2 Å². The van der Waals surface area contributed by atoms with Crippen molar-refractivity contribution in [1.29, 1.82) is 0 Å². The molecular formula is C14H18BrNO2S. The maximum absolute atomic E-state index is 12.6. The molecule has 1 heterocycles. The number of nitrogens with zero attached hydrogens (tertiary/aromatic N) is 1. The van der Waals surface area contributed by atoms with Gasteiger partial charge in [0, 0.05) is 29.6 Å². The molecule has 0 radical (unpaired) electrons. The first-order chi connectivity index (χ1) is 8.95. The van der Waals surface area contributed by atoms with Crippen LogP contribution in [0.1, 0.15) is 30.1 Å². The first kappa shape index (κ1) is 14.9. The Bertz CT molecular complexity index is 494. The fourth-order valence-corrected chi connectivity index (χ4v) is 3.01. The molecule has 1 fully saturated rings. The quantitative estimate of drug-likeness (QED) is 0.834. The van der Waals surface area contributed by atoms with Crippen LogP contribution in [0.2, 0.25) is 0 Å². The maximum atomic E-state index is 12.6. The molecule has 3 nitrogen and oxygen atoms in total. The highest BCUT2D eigenvalue weighted by molar-refractivity contribution is 9.10. The summed E-state index contributed by atoms with van der Waals surface area (Å²) in [6, 6.07) is 5.52. The highest BCUT2D eigenvalue weighted by Gasteiger charge is 2.33. The summed E-state index contributed by atoms with van der Waals surface area (Å²) in [7, 11) is 1.71. The predicted molar refractivity (Wildman–Crippen MR) is 81.9 cm³/mol. The molecule has 2 rings (SSSR count). The van der Waals surface area contributed by atoms with Crippen LogP contribution < -0.4 is 0 Å². The zero-order chi connectivity index (χ0) is 14.0. The molecule has 104 valence electrons. The zero-order valence-electron chi connectivity index (χ0n) is 11.1. The molecule has 1 amide bonds. The number of methoxy groups -OCH3 is 1. The molecule has 1 saturated heterocycles. The average Bonchev–Trinajstić information content (AvgIpc) is 2.41. The fraction of sp³-hybridized carbons (Fsp3) is 0.500. The molecular weight excluding hydrogens is 326 g/mol. The van der Waals surface area contributed by atoms with Crippen LogP contribution in [-0.4, -0.2) is 36.6 Å². The summed E-state index contributed by atoms with van der Waals surface area (Å²) in [6.07, 6.45) is 1.95. The predicted octanol–water partition coefficient (Wildman–Crippen LogP) is 3.38. The molecule has 1 aliphatic rings. The van der Waals surface area contributed by atoms with Crippen LogP contribution in [0.25, 0.3) is 0 Å². The molecule has 1 aliphatic heterocycles. The van der Waals surface area contributed by atoms with E-state index in [2.05, 4.69) is 35.5 Å². The topological polar surface area (TPSA) is 29.5 Å². The molecule has 1 unspecified atom stereocenters. The number of benzene rings is 1. The van der Waals surface area contributed by atoms with Gasteiger partial charge in [0.1, 0.15) is 0 Å². The lowest BCUT2D eigenvalue weighted by Crippen LogP contribution is -2.49. The first-order valence-electron chi connectivity index (χ1n) is 6.28. The second kappa shape index (κ2) is 5.85. The molecule has 0 aliphatic carbocycles. The fourth-order valence-electron chi connectivity index (χ4n) is 2.39. The van der Waals surface area contributed by atoms with Gasteiger partial charge in [-0.3, -0.25) is 4.79 Å². The van der Waals surface area contributed by atoms with Crippen LogP contribution in [-0.2, 0) is 4.74 Å². The Balaban J connectivity index is 2.22. The SMILES string of the molecule is COC1(C)CCCN(C(=O)c2cc(S)ccc2Br)C1. The van der Waals surface area contributed by atoms with E-state index in [9.17, 15) is 4.79 Å². The van der Waals surface area contributed by atoms with Gasteiger partial charge in [-0.25, -0.2) is 0 Å². The van der Waals surface area contributed by atoms with Crippen molar-refractivity contribution in [3.63, 3.8) is 0 Å². The van der Waals surface area contributed by atoms with Gasteiger partial charge in [0.2, 0.25) is 0 Å². The van der Waals surface area contributed by atoms with Crippen molar-refractivity contribution >= 4 is 34.5 Å². The van der Waals surface area contributed by atoms with Gasteiger partial charge in [-0.2, -0.15) is 0 Å². The van der Waals surface area contributed by atoms with Gasteiger partial charge < -0.3 is 9.64 Å². The van der Waals surface area contributed by atoms with Crippen LogP contribution in [0, 0.1) is 0 Å². The largest absolute Gasteiger partial charge is 0.377 e. The van der Waals surface area contributed by atoms with Crippen molar-refractivity contribution in [3.05, 3.63) is 28.2 Å². The highest BCUT2D eigenvalue weighted by Crippen LogP contribution is 2.27. The summed E-state index contributed by atoms with van der Waals surface area (Å²) in [5.74, 6) is 0.0331. The number of rotatable bonds is 2. The number of carbonyl (C=O) groups is 1. The minimum absolute atomic E-state index is 0.0331. The van der Waals surface area contributed by atoms with Crippen molar-refractivity contribution < 1.29 is 9.53 Å². The molecule has 0 N–H and O–H groups in total. The van der Waals surface area contributed by atoms with Crippen molar-refractivity contribution in [2.45, 2.75) is 30.3 Å². The van der Waals surface area contributed by atoms with Crippen molar-refractivity contribution in [2.24, 2.45) is 0 Å². The lowest BCUT2D eigenvalue weighted by molar-refractivity contribution is -0.0440. The van der Waals surface area contributed by atoms with Gasteiger partial charge >= 0.3 is 0 Å². The zero-order valence-corrected chi connectivity index (χ0v) is 13.6. The lowest BCUT2D eigenvalue weighted by Gasteiger charge is -2.39. The van der Waals surface area contributed by atoms with Crippen LogP contribution in [0.15, 0.2) is 27.6 Å². The van der Waals surface area contributed by atoms with Gasteiger partial charge in [0.05, 0.1) is 11.2 Å². The van der Waals surface area contributed by atoms with E-state index in [1.807, 2.05) is 17.0 Å². The van der Waals surface area contributed by atoms with Crippen molar-refractivity contribution in [3.8, 4) is 0 Å². The third kappa shape index (κ3) is 3.33. The number of amides is 1. The highest BCUT2D eigenvalue weighted by atomic mass is 79.9. The monoisotopic (exact) mass is 343 g/mol. The number of hydrogen-bond acceptors (Lipinski definition) is 3. The van der Waals surface area contributed by atoms with E-state index in [4.69, 9.17) is 4.74 Å². The van der Waals surface area contributed by atoms with Crippen LogP contribution >= 0.6 is 28.6 Å². The molecule has 5 heteroatoms. The standard InChI is InChI=1S/C14H18BrNO2S/c1-14(18-2)6-3-7-16(9-14)13(17)11-8-10(19)4-5-12(11)15/h4-5,8,19H,3,6-7,9H2,1-2H3. The average molecular weight is 344 g/mol. The number of hydrogen-bond donors (Lipinski definition) is 1. The van der Waals surface area contributed by atoms with Gasteiger partial charge in [-0.15, -0.1) is 12.6 Å². The Morgan fingerprint density at radius 3 is 2.95 bits per heavy atom. The number of piperidine rings is 1. The molecule has 0 aromatic heterocycles. The Labute approximate surface area is 127 Å². The molecule has 19 heavy (non-hydrogen) atoms. The maximum Gasteiger partial charge on any atom is 0.255 e. The number of likely N-dealkylation sites (tertiary alicyclic amines) is 1. The molecule has 1 aromatic carbocycles. The smallest absolute Gasteiger partial charge is 0.255 e. The van der Waals surface area contributed by atoms with E-state index in [1.54, 1.807) is 13.2 Å². The van der Waals surface area contributed by atoms with E-state index >= 15 is 0 Å². The Morgan fingerprint density at radius 2 is 2.26 bits per heavy atom. The minimum atomic E-state index is -0.237. The second-order valence-corrected chi connectivity index (χ2v) is 6.52. The number of carbonyl (C=O) groups excluding carboxylic acids is 1. The normalized spacial score (nSPS) is 23.5. The Kier molecular flexibility index (Phi) is 4.58. The van der Waals surface area contributed by atoms with E-state index in [0.717, 1.165) is 28.8 Å². The van der Waals surface area contributed by atoms with Gasteiger partial charge in [-0.05, 0) is 53.9 Å². The summed E-state index contributed by atoms with van der Waals surface area (Å²) in [5, 5.41) is 0. The van der Waals surface area contributed by atoms with Crippen molar-refractivity contribution in [1.82, 2.24) is 4.90 Å². The van der Waals surface area contributed by atoms with Crippen LogP contribution in [0.5, 0.6) is 0 Å². The van der Waals surface area contributed by atoms with Gasteiger partial charge in [0.25, 0.3) is 5.91 Å². The summed E-state index contributed by atoms with van der Waals surface area (Å²) in [4.78, 5) is 15.2. The number of thiol groups is 1. The van der Waals surface area contributed by atoms with E-state index in [-0.39, 0.29) is 11.5 Å². The van der Waals surface area contributed by atoms with Crippen LogP contribution in [0.4, 0.5) is 0 Å². The summed E-state index contributed by atoms with van der Waals surface area (Å²) < 4.78 is 6.33. The first-order valence-corrected chi connectivity index (χ1v) is 7.52. The molecule has 1 atom stereocenters. The Hall–Kier alpha value is -0.520. The number of ether oxygens (including phenoxy) is 1. The summed E-state index contributed by atoms with van der Waals surface area (Å²) in [6.45, 7) is 3.46. The molecule has 0 saturated carbocycles. The van der Waals surface area contributed by atoms with E-state index in [1.165, 1.54) is 0 Å².